The van der Waals surface area contributed by atoms with Crippen LogP contribution >= 0.6 is 22.9 Å². The van der Waals surface area contributed by atoms with E-state index in [0.29, 0.717) is 22.2 Å². The largest absolute Gasteiger partial charge is 0.496 e. The number of fused-ring (bicyclic) bond motifs is 1. The van der Waals surface area contributed by atoms with E-state index >= 15 is 0 Å². The Morgan fingerprint density at radius 3 is 2.12 bits per heavy atom. The number of benzene rings is 3. The van der Waals surface area contributed by atoms with Gasteiger partial charge in [-0.25, -0.2) is 4.79 Å². The van der Waals surface area contributed by atoms with Crippen LogP contribution in [0.1, 0.15) is 68.6 Å². The highest BCUT2D eigenvalue weighted by Crippen LogP contribution is 2.39. The summed E-state index contributed by atoms with van der Waals surface area (Å²) in [5.41, 5.74) is 3.06. The first kappa shape index (κ1) is 35.2. The maximum Gasteiger partial charge on any atom is 0.410 e. The van der Waals surface area contributed by atoms with Crippen molar-refractivity contribution in [2.24, 2.45) is 0 Å². The van der Waals surface area contributed by atoms with Crippen molar-refractivity contribution in [3.05, 3.63) is 82.2 Å². The molecule has 0 bridgehead atoms. The fourth-order valence-corrected chi connectivity index (χ4v) is 7.68. The normalized spacial score (nSPS) is 16.3. The molecule has 8 nitrogen and oxygen atoms in total. The lowest BCUT2D eigenvalue weighted by molar-refractivity contribution is -0.116. The van der Waals surface area contributed by atoms with Gasteiger partial charge in [-0.1, -0.05) is 48.0 Å². The summed E-state index contributed by atoms with van der Waals surface area (Å²) in [5.74, 6) is 0.531. The van der Waals surface area contributed by atoms with Gasteiger partial charge in [0, 0.05) is 61.0 Å². The van der Waals surface area contributed by atoms with Gasteiger partial charge in [-0.3, -0.25) is 9.59 Å². The van der Waals surface area contributed by atoms with E-state index in [1.807, 2.05) is 86.3 Å². The first-order chi connectivity index (χ1) is 22.8. The lowest BCUT2D eigenvalue weighted by Gasteiger charge is -2.40. The summed E-state index contributed by atoms with van der Waals surface area (Å²) in [7, 11) is 5.18. The van der Waals surface area contributed by atoms with Gasteiger partial charge in [0.15, 0.2) is 0 Å². The van der Waals surface area contributed by atoms with Crippen molar-refractivity contribution < 1.29 is 23.9 Å². The molecule has 0 aliphatic heterocycles. The average Bonchev–Trinajstić information content (AvgIpc) is 3.41. The number of halogens is 1. The Morgan fingerprint density at radius 2 is 1.52 bits per heavy atom. The number of hydrogen-bond acceptors (Lipinski definition) is 6. The third-order valence-corrected chi connectivity index (χ3v) is 10.7. The summed E-state index contributed by atoms with van der Waals surface area (Å²) in [6.45, 7) is 7.45. The minimum absolute atomic E-state index is 0.0175. The number of ether oxygens (including phenoxy) is 2. The summed E-state index contributed by atoms with van der Waals surface area (Å²) in [6, 6.07) is 21.6. The van der Waals surface area contributed by atoms with Gasteiger partial charge in [0.2, 0.25) is 5.91 Å². The van der Waals surface area contributed by atoms with E-state index in [1.54, 1.807) is 31.0 Å². The highest BCUT2D eigenvalue weighted by atomic mass is 35.5. The van der Waals surface area contributed by atoms with E-state index in [2.05, 4.69) is 6.07 Å². The second kappa shape index (κ2) is 14.6. The minimum Gasteiger partial charge on any atom is -0.496 e. The van der Waals surface area contributed by atoms with E-state index < -0.39 is 5.60 Å². The molecule has 1 aromatic heterocycles. The van der Waals surface area contributed by atoms with Crippen LogP contribution in [-0.4, -0.2) is 66.6 Å². The van der Waals surface area contributed by atoms with Gasteiger partial charge in [-0.15, -0.1) is 11.3 Å². The van der Waals surface area contributed by atoms with Crippen LogP contribution in [0.25, 0.3) is 21.2 Å². The molecule has 0 saturated heterocycles. The molecule has 1 heterocycles. The SMILES string of the molecule is COc1ccc(-c2ccc(N(C)C(C)=O)cc2)cc1CN(C(=O)c1sc2ccccc2c1Cl)[C@H]1CC[C@H](N(C)C(=O)OC(C)(C)C)CC1. The van der Waals surface area contributed by atoms with Crippen molar-refractivity contribution in [3.8, 4) is 16.9 Å². The standard InChI is InChI=1S/C38H44ClN3O5S/c1-24(43)40(5)28-15-12-25(13-16-28)26-14-21-32(46-7)27(22-26)23-42(36(44)35-34(39)31-10-8-9-11-33(31)48-35)30-19-17-29(18-20-30)41(6)37(45)47-38(2,3)4/h8-16,21-22,29-30H,17-20,23H2,1-7H3/t29-,30-. The first-order valence-electron chi connectivity index (χ1n) is 16.2. The molecule has 1 aliphatic rings. The van der Waals surface area contributed by atoms with Crippen LogP contribution in [0, 0.1) is 0 Å². The topological polar surface area (TPSA) is 79.4 Å². The van der Waals surface area contributed by atoms with Crippen LogP contribution in [0.2, 0.25) is 5.02 Å². The van der Waals surface area contributed by atoms with Crippen LogP contribution in [0.15, 0.2) is 66.7 Å². The number of nitrogens with zero attached hydrogens (tertiary/aromatic N) is 3. The molecule has 1 saturated carbocycles. The van der Waals surface area contributed by atoms with E-state index in [1.165, 1.54) is 18.3 Å². The molecule has 3 amide bonds. The quantitative estimate of drug-likeness (QED) is 0.184. The van der Waals surface area contributed by atoms with Crippen LogP contribution in [-0.2, 0) is 16.1 Å². The fourth-order valence-electron chi connectivity index (χ4n) is 6.21. The number of thiophene rings is 1. The highest BCUT2D eigenvalue weighted by Gasteiger charge is 2.35. The molecule has 4 aromatic rings. The van der Waals surface area contributed by atoms with Crippen molar-refractivity contribution in [1.29, 1.82) is 0 Å². The maximum atomic E-state index is 14.5. The zero-order valence-corrected chi connectivity index (χ0v) is 30.3. The molecule has 1 aliphatic carbocycles. The summed E-state index contributed by atoms with van der Waals surface area (Å²) in [4.78, 5) is 45.0. The number of methoxy groups -OCH3 is 1. The monoisotopic (exact) mass is 689 g/mol. The van der Waals surface area contributed by atoms with Crippen molar-refractivity contribution in [1.82, 2.24) is 9.80 Å². The summed E-state index contributed by atoms with van der Waals surface area (Å²) < 4.78 is 12.4. The van der Waals surface area contributed by atoms with Gasteiger partial charge >= 0.3 is 6.09 Å². The molecular formula is C38H44ClN3O5S. The zero-order chi connectivity index (χ0) is 34.7. The molecule has 3 aromatic carbocycles. The molecule has 48 heavy (non-hydrogen) atoms. The Morgan fingerprint density at radius 1 is 0.896 bits per heavy atom. The van der Waals surface area contributed by atoms with Crippen LogP contribution < -0.4 is 9.64 Å². The van der Waals surface area contributed by atoms with E-state index in [-0.39, 0.29) is 30.0 Å². The number of hydrogen-bond donors (Lipinski definition) is 0. The number of carbonyl (C=O) groups is 3. The van der Waals surface area contributed by atoms with Gasteiger partial charge < -0.3 is 24.2 Å². The van der Waals surface area contributed by atoms with Crippen LogP contribution in [0.5, 0.6) is 5.75 Å². The molecule has 254 valence electrons. The Hall–Kier alpha value is -4.08. The summed E-state index contributed by atoms with van der Waals surface area (Å²) in [6.07, 6.45) is 2.59. The molecular weight excluding hydrogens is 646 g/mol. The molecule has 0 N–H and O–H groups in total. The Bertz CT molecular complexity index is 1790. The van der Waals surface area contributed by atoms with Crippen LogP contribution in [0.3, 0.4) is 0 Å². The maximum absolute atomic E-state index is 14.5. The average molecular weight is 690 g/mol. The van der Waals surface area contributed by atoms with Crippen molar-refractivity contribution in [2.45, 2.75) is 77.6 Å². The lowest BCUT2D eigenvalue weighted by Crippen LogP contribution is -2.47. The van der Waals surface area contributed by atoms with Crippen molar-refractivity contribution >= 4 is 56.6 Å². The van der Waals surface area contributed by atoms with Crippen molar-refractivity contribution in [3.63, 3.8) is 0 Å². The third-order valence-electron chi connectivity index (χ3n) is 9.01. The number of carbonyl (C=O) groups excluding carboxylic acids is 3. The molecule has 0 radical (unpaired) electrons. The highest BCUT2D eigenvalue weighted by molar-refractivity contribution is 7.21. The summed E-state index contributed by atoms with van der Waals surface area (Å²) in [5, 5.41) is 1.34. The molecule has 1 fully saturated rings. The lowest BCUT2D eigenvalue weighted by atomic mass is 9.89. The number of amides is 3. The summed E-state index contributed by atoms with van der Waals surface area (Å²) >= 11 is 8.28. The van der Waals surface area contributed by atoms with E-state index in [4.69, 9.17) is 21.1 Å². The van der Waals surface area contributed by atoms with Crippen LogP contribution in [0.4, 0.5) is 10.5 Å². The molecule has 0 unspecified atom stereocenters. The smallest absolute Gasteiger partial charge is 0.410 e. The molecule has 0 spiro atoms. The Labute approximate surface area is 292 Å². The second-order valence-electron chi connectivity index (χ2n) is 13.4. The predicted octanol–water partition coefficient (Wildman–Crippen LogP) is 9.03. The van der Waals surface area contributed by atoms with Gasteiger partial charge in [0.05, 0.1) is 12.1 Å². The zero-order valence-electron chi connectivity index (χ0n) is 28.7. The Kier molecular flexibility index (Phi) is 10.7. The number of rotatable bonds is 8. The van der Waals surface area contributed by atoms with Crippen molar-refractivity contribution in [2.75, 3.05) is 26.1 Å². The molecule has 5 rings (SSSR count). The van der Waals surface area contributed by atoms with Gasteiger partial charge in [0.1, 0.15) is 16.2 Å². The fraction of sp³-hybridized carbons (Fsp3) is 0.395. The Balaban J connectivity index is 1.45. The molecule has 0 atom stereocenters. The molecule has 10 heteroatoms. The first-order valence-corrected chi connectivity index (χ1v) is 17.4. The minimum atomic E-state index is -0.574. The number of anilines is 1. The van der Waals surface area contributed by atoms with Gasteiger partial charge in [-0.05, 0) is 87.9 Å². The second-order valence-corrected chi connectivity index (χ2v) is 14.8. The van der Waals surface area contributed by atoms with Gasteiger partial charge in [0.25, 0.3) is 5.91 Å². The van der Waals surface area contributed by atoms with E-state index in [9.17, 15) is 14.4 Å². The predicted molar refractivity (Wildman–Crippen MR) is 194 cm³/mol. The van der Waals surface area contributed by atoms with Gasteiger partial charge in [-0.2, -0.15) is 0 Å². The third kappa shape index (κ3) is 7.79. The van der Waals surface area contributed by atoms with E-state index in [0.717, 1.165) is 58.1 Å².